The van der Waals surface area contributed by atoms with Gasteiger partial charge in [0.15, 0.2) is 0 Å². The van der Waals surface area contributed by atoms with Crippen LogP contribution < -0.4 is 0 Å². The third kappa shape index (κ3) is 4.15. The number of likely N-dealkylation sites (tertiary alicyclic amines) is 1. The lowest BCUT2D eigenvalue weighted by Gasteiger charge is -2.30. The highest BCUT2D eigenvalue weighted by Crippen LogP contribution is 2.24. The molecule has 0 radical (unpaired) electrons. The van der Waals surface area contributed by atoms with Gasteiger partial charge in [0.2, 0.25) is 15.9 Å². The van der Waals surface area contributed by atoms with Crippen LogP contribution in [-0.4, -0.2) is 53.4 Å². The maximum Gasteiger partial charge on any atom is 0.246 e. The first kappa shape index (κ1) is 20.6. The fourth-order valence-electron chi connectivity index (χ4n) is 3.56. The first-order valence-corrected chi connectivity index (χ1v) is 10.9. The van der Waals surface area contributed by atoms with E-state index in [0.717, 1.165) is 25.9 Å². The molecule has 0 aromatic carbocycles. The molecule has 2 aromatic rings. The number of hydrogen-bond donors (Lipinski definition) is 0. The molecule has 154 valence electrons. The molecule has 1 amide bonds. The number of carbonyl (C=O) groups is 1. The van der Waals surface area contributed by atoms with Gasteiger partial charge in [-0.3, -0.25) is 9.48 Å². The Hall–Kier alpha value is -2.13. The van der Waals surface area contributed by atoms with E-state index < -0.39 is 10.0 Å². The molecule has 0 bridgehead atoms. The van der Waals surface area contributed by atoms with E-state index in [2.05, 4.69) is 12.0 Å². The maximum absolute atomic E-state index is 13.1. The van der Waals surface area contributed by atoms with Crippen LogP contribution in [0.2, 0.25) is 0 Å². The van der Waals surface area contributed by atoms with Gasteiger partial charge in [-0.05, 0) is 44.7 Å². The summed E-state index contributed by atoms with van der Waals surface area (Å²) in [5, 5.41) is 4.35. The number of piperidine rings is 1. The van der Waals surface area contributed by atoms with Crippen LogP contribution in [0, 0.1) is 19.8 Å². The second-order valence-corrected chi connectivity index (χ2v) is 9.54. The van der Waals surface area contributed by atoms with E-state index in [1.165, 1.54) is 22.3 Å². The predicted molar refractivity (Wildman–Crippen MR) is 104 cm³/mol. The normalized spacial score (nSPS) is 16.1. The van der Waals surface area contributed by atoms with E-state index in [9.17, 15) is 13.2 Å². The van der Waals surface area contributed by atoms with Crippen molar-refractivity contribution in [3.05, 3.63) is 35.5 Å². The van der Waals surface area contributed by atoms with Crippen LogP contribution in [-0.2, 0) is 27.9 Å². The standard InChI is InChI=1S/C19H28N4O4S/c1-14-7-9-22(10-8-14)18(24)13-23-16(3)19(15(2)20-23)28(25,26)21(4)12-17-6-5-11-27-17/h5-6,11,14H,7-10,12-13H2,1-4H3. The number of amides is 1. The molecular formula is C19H28N4O4S. The van der Waals surface area contributed by atoms with Crippen molar-refractivity contribution < 1.29 is 17.6 Å². The molecule has 1 aliphatic rings. The van der Waals surface area contributed by atoms with E-state index in [1.807, 2.05) is 4.90 Å². The summed E-state index contributed by atoms with van der Waals surface area (Å²) in [6, 6.07) is 3.45. The fourth-order valence-corrected chi connectivity index (χ4v) is 5.06. The zero-order chi connectivity index (χ0) is 20.5. The van der Waals surface area contributed by atoms with Gasteiger partial charge in [0.05, 0.1) is 24.2 Å². The molecular weight excluding hydrogens is 380 g/mol. The number of aromatic nitrogens is 2. The third-order valence-electron chi connectivity index (χ3n) is 5.36. The Morgan fingerprint density at radius 2 is 2.00 bits per heavy atom. The topological polar surface area (TPSA) is 88.7 Å². The average Bonchev–Trinajstić information content (AvgIpc) is 3.23. The second-order valence-electron chi connectivity index (χ2n) is 7.56. The first-order valence-electron chi connectivity index (χ1n) is 9.50. The van der Waals surface area contributed by atoms with Gasteiger partial charge in [-0.15, -0.1) is 0 Å². The summed E-state index contributed by atoms with van der Waals surface area (Å²) in [6.07, 6.45) is 3.51. The molecule has 0 N–H and O–H groups in total. The lowest BCUT2D eigenvalue weighted by atomic mass is 9.99. The lowest BCUT2D eigenvalue weighted by Crippen LogP contribution is -2.40. The van der Waals surface area contributed by atoms with Gasteiger partial charge in [-0.1, -0.05) is 6.92 Å². The molecule has 1 fully saturated rings. The highest BCUT2D eigenvalue weighted by molar-refractivity contribution is 7.89. The predicted octanol–water partition coefficient (Wildman–Crippen LogP) is 2.17. The molecule has 1 saturated heterocycles. The molecule has 3 rings (SSSR count). The van der Waals surface area contributed by atoms with Crippen LogP contribution in [0.15, 0.2) is 27.7 Å². The Morgan fingerprint density at radius 3 is 2.61 bits per heavy atom. The van der Waals surface area contributed by atoms with E-state index >= 15 is 0 Å². The Morgan fingerprint density at radius 1 is 1.32 bits per heavy atom. The molecule has 0 spiro atoms. The van der Waals surface area contributed by atoms with Crippen molar-refractivity contribution in [3.63, 3.8) is 0 Å². The van der Waals surface area contributed by atoms with Crippen molar-refractivity contribution >= 4 is 15.9 Å². The zero-order valence-electron chi connectivity index (χ0n) is 16.9. The van der Waals surface area contributed by atoms with Crippen molar-refractivity contribution in [2.75, 3.05) is 20.1 Å². The zero-order valence-corrected chi connectivity index (χ0v) is 17.7. The molecule has 28 heavy (non-hydrogen) atoms. The quantitative estimate of drug-likeness (QED) is 0.731. The molecule has 3 heterocycles. The van der Waals surface area contributed by atoms with Crippen LogP contribution >= 0.6 is 0 Å². The van der Waals surface area contributed by atoms with Gasteiger partial charge in [-0.2, -0.15) is 9.40 Å². The third-order valence-corrected chi connectivity index (χ3v) is 7.42. The maximum atomic E-state index is 13.1. The van der Waals surface area contributed by atoms with Crippen molar-refractivity contribution in [1.82, 2.24) is 19.0 Å². The molecule has 1 aliphatic heterocycles. The SMILES string of the molecule is Cc1nn(CC(=O)N2CCC(C)CC2)c(C)c1S(=O)(=O)N(C)Cc1ccco1. The number of aryl methyl sites for hydroxylation is 1. The molecule has 0 aliphatic carbocycles. The van der Waals surface area contributed by atoms with E-state index in [-0.39, 0.29) is 23.9 Å². The molecule has 0 saturated carbocycles. The van der Waals surface area contributed by atoms with Crippen molar-refractivity contribution in [2.24, 2.45) is 5.92 Å². The Labute approximate surface area is 166 Å². The lowest BCUT2D eigenvalue weighted by molar-refractivity contribution is -0.133. The van der Waals surface area contributed by atoms with Crippen LogP contribution in [0.25, 0.3) is 0 Å². The number of carbonyl (C=O) groups excluding carboxylic acids is 1. The summed E-state index contributed by atoms with van der Waals surface area (Å²) in [5.41, 5.74) is 0.867. The molecule has 0 unspecified atom stereocenters. The van der Waals surface area contributed by atoms with Crippen molar-refractivity contribution in [3.8, 4) is 0 Å². The van der Waals surface area contributed by atoms with Gasteiger partial charge < -0.3 is 9.32 Å². The largest absolute Gasteiger partial charge is 0.468 e. The van der Waals surface area contributed by atoms with Gasteiger partial charge >= 0.3 is 0 Å². The van der Waals surface area contributed by atoms with Gasteiger partial charge in [0, 0.05) is 20.1 Å². The number of sulfonamides is 1. The number of furan rings is 1. The van der Waals surface area contributed by atoms with Gasteiger partial charge in [-0.25, -0.2) is 8.42 Å². The molecule has 2 aromatic heterocycles. The minimum atomic E-state index is -3.76. The minimum Gasteiger partial charge on any atom is -0.468 e. The highest BCUT2D eigenvalue weighted by Gasteiger charge is 2.30. The summed E-state index contributed by atoms with van der Waals surface area (Å²) in [6.45, 7) is 7.22. The number of hydrogen-bond acceptors (Lipinski definition) is 5. The van der Waals surface area contributed by atoms with Gasteiger partial charge in [0.1, 0.15) is 17.2 Å². The minimum absolute atomic E-state index is 0.0228. The smallest absolute Gasteiger partial charge is 0.246 e. The highest BCUT2D eigenvalue weighted by atomic mass is 32.2. The molecule has 9 heteroatoms. The van der Waals surface area contributed by atoms with Crippen LogP contribution in [0.5, 0.6) is 0 Å². The fraction of sp³-hybridized carbons (Fsp3) is 0.579. The van der Waals surface area contributed by atoms with Gasteiger partial charge in [0.25, 0.3) is 0 Å². The monoisotopic (exact) mass is 408 g/mol. The van der Waals surface area contributed by atoms with E-state index in [1.54, 1.807) is 26.0 Å². The van der Waals surface area contributed by atoms with Crippen LogP contribution in [0.1, 0.15) is 36.9 Å². The van der Waals surface area contributed by atoms with Crippen LogP contribution in [0.4, 0.5) is 0 Å². The van der Waals surface area contributed by atoms with E-state index in [0.29, 0.717) is 23.1 Å². The van der Waals surface area contributed by atoms with Crippen LogP contribution in [0.3, 0.4) is 0 Å². The average molecular weight is 409 g/mol. The molecule has 0 atom stereocenters. The Kier molecular flexibility index (Phi) is 5.95. The molecule has 8 nitrogen and oxygen atoms in total. The summed E-state index contributed by atoms with van der Waals surface area (Å²) < 4.78 is 34.1. The summed E-state index contributed by atoms with van der Waals surface area (Å²) in [7, 11) is -2.25. The first-order chi connectivity index (χ1) is 13.2. The summed E-state index contributed by atoms with van der Waals surface area (Å²) in [4.78, 5) is 14.6. The van der Waals surface area contributed by atoms with Crippen molar-refractivity contribution in [2.45, 2.75) is 51.6 Å². The number of nitrogens with zero attached hydrogens (tertiary/aromatic N) is 4. The Balaban J connectivity index is 1.78. The summed E-state index contributed by atoms with van der Waals surface area (Å²) in [5.74, 6) is 1.17. The Bertz CT molecular complexity index is 926. The number of rotatable bonds is 6. The summed E-state index contributed by atoms with van der Waals surface area (Å²) >= 11 is 0. The van der Waals surface area contributed by atoms with E-state index in [4.69, 9.17) is 4.42 Å². The second kappa shape index (κ2) is 8.08. The van der Waals surface area contributed by atoms with Crippen molar-refractivity contribution in [1.29, 1.82) is 0 Å².